The maximum absolute atomic E-state index is 11.5. The zero-order chi connectivity index (χ0) is 10.6. The highest BCUT2D eigenvalue weighted by atomic mass is 35.5. The van der Waals surface area contributed by atoms with E-state index in [0.717, 1.165) is 25.7 Å². The first-order chi connectivity index (χ1) is 6.59. The molecule has 1 fully saturated rings. The Kier molecular flexibility index (Phi) is 4.69. The van der Waals surface area contributed by atoms with Gasteiger partial charge in [-0.1, -0.05) is 0 Å². The minimum atomic E-state index is 0.00210. The van der Waals surface area contributed by atoms with Gasteiger partial charge in [0.05, 0.1) is 6.10 Å². The fourth-order valence-corrected chi connectivity index (χ4v) is 1.83. The second-order valence-corrected chi connectivity index (χ2v) is 4.70. The molecule has 0 aromatic carbocycles. The van der Waals surface area contributed by atoms with Crippen molar-refractivity contribution in [1.82, 2.24) is 5.48 Å². The molecular formula is C10H18ClNO2. The maximum atomic E-state index is 11.5. The minimum absolute atomic E-state index is 0.00210. The molecular weight excluding hydrogens is 202 g/mol. The van der Waals surface area contributed by atoms with E-state index >= 15 is 0 Å². The van der Waals surface area contributed by atoms with Gasteiger partial charge >= 0.3 is 0 Å². The summed E-state index contributed by atoms with van der Waals surface area (Å²) in [5, 5.41) is 0.255. The van der Waals surface area contributed by atoms with Crippen LogP contribution < -0.4 is 5.48 Å². The summed E-state index contributed by atoms with van der Waals surface area (Å²) in [5.41, 5.74) is 2.48. The molecule has 1 rings (SSSR count). The molecule has 1 amide bonds. The third-order valence-corrected chi connectivity index (χ3v) is 2.86. The SMILES string of the molecule is CC(C)ONC(=O)C1CCC(Cl)CC1. The topological polar surface area (TPSA) is 38.3 Å². The van der Waals surface area contributed by atoms with Gasteiger partial charge in [0, 0.05) is 11.3 Å². The van der Waals surface area contributed by atoms with E-state index < -0.39 is 0 Å². The van der Waals surface area contributed by atoms with Crippen LogP contribution >= 0.6 is 11.6 Å². The van der Waals surface area contributed by atoms with Crippen molar-refractivity contribution >= 4 is 17.5 Å². The number of amides is 1. The number of rotatable bonds is 3. The van der Waals surface area contributed by atoms with E-state index in [1.807, 2.05) is 13.8 Å². The predicted molar refractivity (Wildman–Crippen MR) is 56.0 cm³/mol. The lowest BCUT2D eigenvalue weighted by atomic mass is 9.88. The summed E-state index contributed by atoms with van der Waals surface area (Å²) in [6.45, 7) is 3.77. The molecule has 0 radical (unpaired) electrons. The lowest BCUT2D eigenvalue weighted by Crippen LogP contribution is -2.34. The summed E-state index contributed by atoms with van der Waals surface area (Å²) in [5.74, 6) is 0.0889. The van der Waals surface area contributed by atoms with E-state index in [1.54, 1.807) is 0 Å². The van der Waals surface area contributed by atoms with Crippen molar-refractivity contribution in [2.45, 2.75) is 51.0 Å². The molecule has 4 heteroatoms. The van der Waals surface area contributed by atoms with Crippen LogP contribution in [-0.2, 0) is 9.63 Å². The number of hydrogen-bond acceptors (Lipinski definition) is 2. The molecule has 3 nitrogen and oxygen atoms in total. The molecule has 0 spiro atoms. The van der Waals surface area contributed by atoms with Gasteiger partial charge in [-0.25, -0.2) is 5.48 Å². The Morgan fingerprint density at radius 2 is 1.93 bits per heavy atom. The van der Waals surface area contributed by atoms with Gasteiger partial charge in [-0.05, 0) is 39.5 Å². The Hall–Kier alpha value is -0.280. The van der Waals surface area contributed by atoms with Crippen LogP contribution in [0.25, 0.3) is 0 Å². The second-order valence-electron chi connectivity index (χ2n) is 4.08. The third kappa shape index (κ3) is 3.84. The summed E-state index contributed by atoms with van der Waals surface area (Å²) in [7, 11) is 0. The maximum Gasteiger partial charge on any atom is 0.246 e. The van der Waals surface area contributed by atoms with E-state index in [9.17, 15) is 4.79 Å². The van der Waals surface area contributed by atoms with Crippen molar-refractivity contribution in [3.63, 3.8) is 0 Å². The fraction of sp³-hybridized carbons (Fsp3) is 0.900. The summed E-state index contributed by atoms with van der Waals surface area (Å²) >= 11 is 5.95. The number of carbonyl (C=O) groups is 1. The number of halogens is 1. The molecule has 82 valence electrons. The molecule has 0 bridgehead atoms. The first-order valence-corrected chi connectivity index (χ1v) is 5.62. The van der Waals surface area contributed by atoms with Crippen LogP contribution in [0.4, 0.5) is 0 Å². The van der Waals surface area contributed by atoms with Crippen LogP contribution in [0.3, 0.4) is 0 Å². The van der Waals surface area contributed by atoms with Crippen LogP contribution in [0.5, 0.6) is 0 Å². The number of hydrogen-bond donors (Lipinski definition) is 1. The largest absolute Gasteiger partial charge is 0.273 e. The normalized spacial score (nSPS) is 27.7. The molecule has 0 aliphatic heterocycles. The average molecular weight is 220 g/mol. The zero-order valence-electron chi connectivity index (χ0n) is 8.75. The van der Waals surface area contributed by atoms with Crippen LogP contribution in [0, 0.1) is 5.92 Å². The highest BCUT2D eigenvalue weighted by molar-refractivity contribution is 6.20. The molecule has 1 aliphatic rings. The van der Waals surface area contributed by atoms with Crippen molar-refractivity contribution in [2.24, 2.45) is 5.92 Å². The molecule has 0 aromatic rings. The van der Waals surface area contributed by atoms with Crippen molar-refractivity contribution in [3.05, 3.63) is 0 Å². The van der Waals surface area contributed by atoms with Gasteiger partial charge in [0.15, 0.2) is 0 Å². The average Bonchev–Trinajstić information content (AvgIpc) is 2.15. The zero-order valence-corrected chi connectivity index (χ0v) is 9.51. The Bertz CT molecular complexity index is 189. The van der Waals surface area contributed by atoms with Crippen molar-refractivity contribution in [1.29, 1.82) is 0 Å². The van der Waals surface area contributed by atoms with E-state index in [4.69, 9.17) is 16.4 Å². The monoisotopic (exact) mass is 219 g/mol. The summed E-state index contributed by atoms with van der Waals surface area (Å²) in [6, 6.07) is 0. The smallest absolute Gasteiger partial charge is 0.246 e. The predicted octanol–water partition coefficient (Wildman–Crippen LogP) is 2.24. The molecule has 1 aliphatic carbocycles. The van der Waals surface area contributed by atoms with Gasteiger partial charge < -0.3 is 0 Å². The third-order valence-electron chi connectivity index (χ3n) is 2.42. The first kappa shape index (κ1) is 11.8. The lowest BCUT2D eigenvalue weighted by molar-refractivity contribution is -0.142. The van der Waals surface area contributed by atoms with E-state index in [2.05, 4.69) is 5.48 Å². The molecule has 14 heavy (non-hydrogen) atoms. The molecule has 1 saturated carbocycles. The standard InChI is InChI=1S/C10H18ClNO2/c1-7(2)14-12-10(13)8-3-5-9(11)6-4-8/h7-9H,3-6H2,1-2H3,(H,12,13). The molecule has 0 heterocycles. The quantitative estimate of drug-likeness (QED) is 0.584. The van der Waals surface area contributed by atoms with E-state index in [0.29, 0.717) is 0 Å². The molecule has 0 atom stereocenters. The van der Waals surface area contributed by atoms with Crippen LogP contribution in [0.15, 0.2) is 0 Å². The highest BCUT2D eigenvalue weighted by Crippen LogP contribution is 2.27. The Morgan fingerprint density at radius 1 is 1.36 bits per heavy atom. The van der Waals surface area contributed by atoms with Gasteiger partial charge in [-0.2, -0.15) is 0 Å². The molecule has 0 saturated heterocycles. The van der Waals surface area contributed by atoms with Gasteiger partial charge in [-0.3, -0.25) is 9.63 Å². The van der Waals surface area contributed by atoms with Crippen molar-refractivity contribution < 1.29 is 9.63 Å². The second kappa shape index (κ2) is 5.56. The van der Waals surface area contributed by atoms with E-state index in [1.165, 1.54) is 0 Å². The molecule has 0 aromatic heterocycles. The minimum Gasteiger partial charge on any atom is -0.273 e. The molecule has 0 unspecified atom stereocenters. The summed E-state index contributed by atoms with van der Waals surface area (Å²) in [6.07, 6.45) is 3.65. The fourth-order valence-electron chi connectivity index (χ4n) is 1.57. The number of carbonyl (C=O) groups excluding carboxylic acids is 1. The van der Waals surface area contributed by atoms with Crippen molar-refractivity contribution in [2.75, 3.05) is 0 Å². The molecule has 1 N–H and O–H groups in total. The van der Waals surface area contributed by atoms with Gasteiger partial charge in [0.2, 0.25) is 5.91 Å². The van der Waals surface area contributed by atoms with Gasteiger partial charge in [0.25, 0.3) is 0 Å². The number of hydroxylamine groups is 1. The van der Waals surface area contributed by atoms with Gasteiger partial charge in [-0.15, -0.1) is 11.6 Å². The first-order valence-electron chi connectivity index (χ1n) is 5.19. The Balaban J connectivity index is 2.24. The van der Waals surface area contributed by atoms with Gasteiger partial charge in [0.1, 0.15) is 0 Å². The highest BCUT2D eigenvalue weighted by Gasteiger charge is 2.25. The lowest BCUT2D eigenvalue weighted by Gasteiger charge is -2.24. The van der Waals surface area contributed by atoms with Crippen LogP contribution in [-0.4, -0.2) is 17.4 Å². The summed E-state index contributed by atoms with van der Waals surface area (Å²) < 4.78 is 0. The van der Waals surface area contributed by atoms with Crippen LogP contribution in [0.1, 0.15) is 39.5 Å². The van der Waals surface area contributed by atoms with Crippen molar-refractivity contribution in [3.8, 4) is 0 Å². The Morgan fingerprint density at radius 3 is 2.43 bits per heavy atom. The van der Waals surface area contributed by atoms with E-state index in [-0.39, 0.29) is 23.3 Å². The number of nitrogens with one attached hydrogen (secondary N) is 1. The Labute approximate surface area is 90.1 Å². The summed E-state index contributed by atoms with van der Waals surface area (Å²) in [4.78, 5) is 16.6. The number of alkyl halides is 1. The van der Waals surface area contributed by atoms with Crippen LogP contribution in [0.2, 0.25) is 0 Å².